The second-order valence-corrected chi connectivity index (χ2v) is 5.53. The van der Waals surface area contributed by atoms with Gasteiger partial charge in [-0.15, -0.1) is 0 Å². The molecular weight excluding hydrogens is 334 g/mol. The van der Waals surface area contributed by atoms with Crippen LogP contribution in [0.1, 0.15) is 16.9 Å². The zero-order chi connectivity index (χ0) is 18.5. The molecular formula is C19H17N3O4. The Balaban J connectivity index is 2.04. The summed E-state index contributed by atoms with van der Waals surface area (Å²) in [5, 5.41) is 7.75. The lowest BCUT2D eigenvalue weighted by Crippen LogP contribution is -2.31. The average molecular weight is 351 g/mol. The van der Waals surface area contributed by atoms with Crippen molar-refractivity contribution in [2.45, 2.75) is 6.42 Å². The van der Waals surface area contributed by atoms with E-state index in [1.165, 1.54) is 11.8 Å². The molecule has 0 aliphatic rings. The highest BCUT2D eigenvalue weighted by molar-refractivity contribution is 6.04. The van der Waals surface area contributed by atoms with Gasteiger partial charge in [0.05, 0.1) is 24.6 Å². The zero-order valence-electron chi connectivity index (χ0n) is 14.1. The molecule has 3 aromatic rings. The van der Waals surface area contributed by atoms with Crippen LogP contribution in [0.3, 0.4) is 0 Å². The van der Waals surface area contributed by atoms with Crippen LogP contribution in [-0.4, -0.2) is 35.3 Å². The molecule has 1 N–H and O–H groups in total. The number of aromatic nitrogens is 2. The number of ether oxygens (including phenoxy) is 1. The van der Waals surface area contributed by atoms with Gasteiger partial charge in [0.2, 0.25) is 0 Å². The van der Waals surface area contributed by atoms with Crippen molar-refractivity contribution in [3.8, 4) is 5.69 Å². The van der Waals surface area contributed by atoms with Gasteiger partial charge in [0.1, 0.15) is 0 Å². The maximum Gasteiger partial charge on any atom is 0.307 e. The van der Waals surface area contributed by atoms with Gasteiger partial charge in [0.15, 0.2) is 5.69 Å². The van der Waals surface area contributed by atoms with Crippen molar-refractivity contribution >= 4 is 22.6 Å². The monoisotopic (exact) mass is 351 g/mol. The fraction of sp³-hybridized carbons (Fsp3) is 0.158. The van der Waals surface area contributed by atoms with Gasteiger partial charge >= 0.3 is 5.97 Å². The van der Waals surface area contributed by atoms with Crippen molar-refractivity contribution in [1.82, 2.24) is 15.1 Å². The maximum absolute atomic E-state index is 12.8. The first-order valence-electron chi connectivity index (χ1n) is 8.04. The lowest BCUT2D eigenvalue weighted by molar-refractivity contribution is -0.140. The molecule has 0 atom stereocenters. The molecule has 7 heteroatoms. The summed E-state index contributed by atoms with van der Waals surface area (Å²) in [5.74, 6) is -0.882. The molecule has 0 spiro atoms. The Morgan fingerprint density at radius 1 is 1.04 bits per heavy atom. The average Bonchev–Trinajstić information content (AvgIpc) is 2.69. The number of fused-ring (bicyclic) bond motifs is 1. The highest BCUT2D eigenvalue weighted by Crippen LogP contribution is 2.15. The van der Waals surface area contributed by atoms with Gasteiger partial charge in [-0.05, 0) is 18.2 Å². The maximum atomic E-state index is 12.8. The molecule has 0 saturated carbocycles. The number of hydrogen-bond donors (Lipinski definition) is 1. The minimum absolute atomic E-state index is 0.0541. The van der Waals surface area contributed by atoms with Gasteiger partial charge in [-0.3, -0.25) is 14.4 Å². The minimum atomic E-state index is -0.463. The summed E-state index contributed by atoms with van der Waals surface area (Å²) in [4.78, 5) is 36.5. The number of nitrogens with one attached hydrogen (secondary N) is 1. The third-order valence-corrected chi connectivity index (χ3v) is 3.86. The number of hydrogen-bond acceptors (Lipinski definition) is 5. The van der Waals surface area contributed by atoms with E-state index in [0.717, 1.165) is 0 Å². The van der Waals surface area contributed by atoms with Crippen LogP contribution in [0.4, 0.5) is 0 Å². The molecule has 7 nitrogen and oxygen atoms in total. The molecule has 2 aromatic carbocycles. The topological polar surface area (TPSA) is 90.3 Å². The lowest BCUT2D eigenvalue weighted by Gasteiger charge is -2.11. The van der Waals surface area contributed by atoms with Crippen molar-refractivity contribution in [3.63, 3.8) is 0 Å². The minimum Gasteiger partial charge on any atom is -0.469 e. The number of para-hydroxylation sites is 1. The van der Waals surface area contributed by atoms with Crippen LogP contribution in [0.2, 0.25) is 0 Å². The first kappa shape index (κ1) is 17.3. The highest BCUT2D eigenvalue weighted by atomic mass is 16.5. The van der Waals surface area contributed by atoms with Gasteiger partial charge in [0, 0.05) is 11.9 Å². The molecule has 0 radical (unpaired) electrons. The normalized spacial score (nSPS) is 10.5. The molecule has 3 rings (SSSR count). The van der Waals surface area contributed by atoms with E-state index in [2.05, 4.69) is 15.2 Å². The molecule has 26 heavy (non-hydrogen) atoms. The number of esters is 1. The highest BCUT2D eigenvalue weighted by Gasteiger charge is 2.17. The number of benzene rings is 2. The molecule has 0 aliphatic carbocycles. The van der Waals surface area contributed by atoms with Crippen LogP contribution in [0.25, 0.3) is 16.5 Å². The van der Waals surface area contributed by atoms with Crippen LogP contribution in [0.5, 0.6) is 0 Å². The standard InChI is InChI=1S/C19H17N3O4/c1-26-16(23)11-12-20-18(24)17-14-9-5-6-10-15(14)19(25)22(21-17)13-7-3-2-4-8-13/h2-10H,11-12H2,1H3,(H,20,24). The first-order valence-corrected chi connectivity index (χ1v) is 8.04. The number of amides is 1. The molecule has 0 bridgehead atoms. The molecule has 0 saturated heterocycles. The second kappa shape index (κ2) is 7.60. The SMILES string of the molecule is COC(=O)CCNC(=O)c1nn(-c2ccccc2)c(=O)c2ccccc12. The largest absolute Gasteiger partial charge is 0.469 e. The number of carbonyl (C=O) groups excluding carboxylic acids is 2. The van der Waals surface area contributed by atoms with Crippen molar-refractivity contribution in [1.29, 1.82) is 0 Å². The molecule has 0 fully saturated rings. The van der Waals surface area contributed by atoms with E-state index in [-0.39, 0.29) is 24.2 Å². The summed E-state index contributed by atoms with van der Waals surface area (Å²) >= 11 is 0. The van der Waals surface area contributed by atoms with Crippen LogP contribution < -0.4 is 10.9 Å². The van der Waals surface area contributed by atoms with Gasteiger partial charge in [-0.25, -0.2) is 0 Å². The van der Waals surface area contributed by atoms with E-state index in [1.54, 1.807) is 48.5 Å². The molecule has 1 amide bonds. The Hall–Kier alpha value is -3.48. The Morgan fingerprint density at radius 2 is 1.69 bits per heavy atom. The van der Waals surface area contributed by atoms with E-state index in [0.29, 0.717) is 16.5 Å². The zero-order valence-corrected chi connectivity index (χ0v) is 14.1. The van der Waals surface area contributed by atoms with Crippen LogP contribution >= 0.6 is 0 Å². The molecule has 132 valence electrons. The van der Waals surface area contributed by atoms with Crippen LogP contribution in [0.15, 0.2) is 59.4 Å². The number of rotatable bonds is 5. The quantitative estimate of drug-likeness (QED) is 0.706. The van der Waals surface area contributed by atoms with Gasteiger partial charge in [0.25, 0.3) is 11.5 Å². The number of carbonyl (C=O) groups is 2. The molecule has 1 heterocycles. The number of methoxy groups -OCH3 is 1. The summed E-state index contributed by atoms with van der Waals surface area (Å²) < 4.78 is 5.76. The Bertz CT molecular complexity index is 1010. The van der Waals surface area contributed by atoms with Crippen LogP contribution in [-0.2, 0) is 9.53 Å². The van der Waals surface area contributed by atoms with Crippen molar-refractivity contribution < 1.29 is 14.3 Å². The fourth-order valence-corrected chi connectivity index (χ4v) is 2.57. The van der Waals surface area contributed by atoms with E-state index < -0.39 is 11.9 Å². The van der Waals surface area contributed by atoms with Gasteiger partial charge in [-0.2, -0.15) is 9.78 Å². The summed E-state index contributed by atoms with van der Waals surface area (Å²) in [5.41, 5.74) is 0.374. The number of nitrogens with zero attached hydrogens (tertiary/aromatic N) is 2. The van der Waals surface area contributed by atoms with E-state index in [1.807, 2.05) is 6.07 Å². The summed E-state index contributed by atoms with van der Waals surface area (Å²) in [6, 6.07) is 15.7. The third-order valence-electron chi connectivity index (χ3n) is 3.86. The Kier molecular flexibility index (Phi) is 5.07. The summed E-state index contributed by atoms with van der Waals surface area (Å²) in [7, 11) is 1.29. The smallest absolute Gasteiger partial charge is 0.307 e. The summed E-state index contributed by atoms with van der Waals surface area (Å²) in [6.45, 7) is 0.117. The third kappa shape index (κ3) is 3.46. The first-order chi connectivity index (χ1) is 12.6. The molecule has 1 aromatic heterocycles. The van der Waals surface area contributed by atoms with Crippen molar-refractivity contribution in [3.05, 3.63) is 70.6 Å². The van der Waals surface area contributed by atoms with Gasteiger partial charge in [-0.1, -0.05) is 36.4 Å². The Morgan fingerprint density at radius 3 is 2.38 bits per heavy atom. The predicted octanol–water partition coefficient (Wildman–Crippen LogP) is 1.68. The van der Waals surface area contributed by atoms with Gasteiger partial charge < -0.3 is 10.1 Å². The van der Waals surface area contributed by atoms with Crippen molar-refractivity contribution in [2.75, 3.05) is 13.7 Å². The van der Waals surface area contributed by atoms with E-state index in [9.17, 15) is 14.4 Å². The fourth-order valence-electron chi connectivity index (χ4n) is 2.57. The second-order valence-electron chi connectivity index (χ2n) is 5.53. The summed E-state index contributed by atoms with van der Waals surface area (Å²) in [6.07, 6.45) is 0.0541. The predicted molar refractivity (Wildman–Crippen MR) is 96.3 cm³/mol. The van der Waals surface area contributed by atoms with Crippen LogP contribution in [0, 0.1) is 0 Å². The van der Waals surface area contributed by atoms with E-state index >= 15 is 0 Å². The Labute approximate surface area is 149 Å². The molecule has 0 unspecified atom stereocenters. The molecule has 0 aliphatic heterocycles. The van der Waals surface area contributed by atoms with Crippen molar-refractivity contribution in [2.24, 2.45) is 0 Å². The lowest BCUT2D eigenvalue weighted by atomic mass is 10.1. The van der Waals surface area contributed by atoms with E-state index in [4.69, 9.17) is 0 Å².